The SMILES string of the molecule is C=C1[C@H](O)[C@@H](O)[C@]2(Br)OC3C[C@](C)(Cl)[C@@H](Br)C[C@]13C2(C)C. The second-order valence-corrected chi connectivity index (χ2v) is 10.6. The fraction of sp³-hybridized carbons (Fsp3) is 0.867. The second-order valence-electron chi connectivity index (χ2n) is 7.42. The van der Waals surface area contributed by atoms with Gasteiger partial charge in [0.1, 0.15) is 12.2 Å². The molecule has 0 amide bonds. The summed E-state index contributed by atoms with van der Waals surface area (Å²) in [5, 5.41) is 21.0. The van der Waals surface area contributed by atoms with Crippen molar-refractivity contribution in [2.45, 2.75) is 66.1 Å². The van der Waals surface area contributed by atoms with Gasteiger partial charge in [0.05, 0.1) is 11.0 Å². The number of hydrogen-bond acceptors (Lipinski definition) is 3. The van der Waals surface area contributed by atoms with Crippen LogP contribution in [-0.4, -0.2) is 42.7 Å². The van der Waals surface area contributed by atoms with Crippen molar-refractivity contribution in [2.75, 3.05) is 0 Å². The predicted octanol–water partition coefficient (Wildman–Crippen LogP) is 3.34. The Morgan fingerprint density at radius 2 is 1.86 bits per heavy atom. The molecule has 1 unspecified atom stereocenters. The molecule has 3 rings (SSSR count). The number of hydrogen-bond donors (Lipinski definition) is 2. The minimum atomic E-state index is -1.05. The Kier molecular flexibility index (Phi) is 3.57. The van der Waals surface area contributed by atoms with Crippen LogP contribution in [0.3, 0.4) is 0 Å². The molecule has 2 saturated carbocycles. The first-order valence-electron chi connectivity index (χ1n) is 7.17. The fourth-order valence-electron chi connectivity index (χ4n) is 4.59. The van der Waals surface area contributed by atoms with Gasteiger partial charge in [0.15, 0.2) is 4.51 Å². The van der Waals surface area contributed by atoms with E-state index in [0.29, 0.717) is 12.0 Å². The van der Waals surface area contributed by atoms with E-state index in [1.54, 1.807) is 0 Å². The zero-order valence-corrected chi connectivity index (χ0v) is 16.3. The molecule has 2 bridgehead atoms. The van der Waals surface area contributed by atoms with Gasteiger partial charge in [-0.1, -0.05) is 52.3 Å². The van der Waals surface area contributed by atoms with Crippen molar-refractivity contribution in [1.29, 1.82) is 0 Å². The largest absolute Gasteiger partial charge is 0.386 e. The van der Waals surface area contributed by atoms with E-state index in [1.807, 2.05) is 6.92 Å². The molecule has 0 aromatic heterocycles. The Labute approximate surface area is 147 Å². The van der Waals surface area contributed by atoms with Crippen LogP contribution >= 0.6 is 43.5 Å². The summed E-state index contributed by atoms with van der Waals surface area (Å²) in [5.74, 6) is 0. The van der Waals surface area contributed by atoms with Crippen LogP contribution in [0, 0.1) is 10.8 Å². The van der Waals surface area contributed by atoms with Crippen LogP contribution in [-0.2, 0) is 4.74 Å². The first kappa shape index (κ1) is 16.7. The average molecular weight is 445 g/mol. The summed E-state index contributed by atoms with van der Waals surface area (Å²) in [4.78, 5) is -0.344. The van der Waals surface area contributed by atoms with Crippen LogP contribution in [0.2, 0.25) is 0 Å². The number of fused-ring (bicyclic) bond motifs is 1. The summed E-state index contributed by atoms with van der Waals surface area (Å²) in [6.45, 7) is 10.3. The standard InChI is InChI=1S/C15H21Br2ClO3/c1-7-10(19)11(20)15(17)12(2,3)14(7)5-8(16)13(4,18)6-9(14)21-15/h8-11,19-20H,1,5-6H2,2-4H3/t8-,9?,10-,11+,13-,14-,15-/m0/s1. The van der Waals surface area contributed by atoms with E-state index in [-0.39, 0.29) is 10.9 Å². The number of rotatable bonds is 0. The molecule has 1 aliphatic heterocycles. The molecule has 0 radical (unpaired) electrons. The van der Waals surface area contributed by atoms with E-state index in [4.69, 9.17) is 16.3 Å². The highest BCUT2D eigenvalue weighted by atomic mass is 79.9. The van der Waals surface area contributed by atoms with Crippen molar-refractivity contribution < 1.29 is 14.9 Å². The predicted molar refractivity (Wildman–Crippen MR) is 90.1 cm³/mol. The summed E-state index contributed by atoms with van der Waals surface area (Å²) in [6, 6.07) is 0. The van der Waals surface area contributed by atoms with Gasteiger partial charge in [-0.25, -0.2) is 0 Å². The van der Waals surface area contributed by atoms with Crippen LogP contribution in [0.4, 0.5) is 0 Å². The maximum atomic E-state index is 10.5. The maximum absolute atomic E-state index is 10.5. The molecule has 3 aliphatic rings. The monoisotopic (exact) mass is 442 g/mol. The molecule has 3 nitrogen and oxygen atoms in total. The highest BCUT2D eigenvalue weighted by molar-refractivity contribution is 9.10. The van der Waals surface area contributed by atoms with Gasteiger partial charge in [0.2, 0.25) is 0 Å². The van der Waals surface area contributed by atoms with Gasteiger partial charge in [0, 0.05) is 15.7 Å². The highest BCUT2D eigenvalue weighted by Crippen LogP contribution is 2.73. The highest BCUT2D eigenvalue weighted by Gasteiger charge is 2.77. The van der Waals surface area contributed by atoms with E-state index < -0.39 is 32.4 Å². The van der Waals surface area contributed by atoms with Crippen molar-refractivity contribution in [3.8, 4) is 0 Å². The molecule has 1 spiro atoms. The minimum Gasteiger partial charge on any atom is -0.386 e. The van der Waals surface area contributed by atoms with Crippen molar-refractivity contribution in [3.05, 3.63) is 12.2 Å². The summed E-state index contributed by atoms with van der Waals surface area (Å²) in [5.41, 5.74) is -0.175. The van der Waals surface area contributed by atoms with Crippen LogP contribution in [0.5, 0.6) is 0 Å². The second kappa shape index (κ2) is 4.48. The molecule has 1 saturated heterocycles. The topological polar surface area (TPSA) is 49.7 Å². The molecule has 2 aliphatic carbocycles. The Bertz CT molecular complexity index is 509. The van der Waals surface area contributed by atoms with E-state index in [1.165, 1.54) is 0 Å². The number of aliphatic hydroxyl groups excluding tert-OH is 2. The van der Waals surface area contributed by atoms with Crippen molar-refractivity contribution in [3.63, 3.8) is 0 Å². The molecule has 1 heterocycles. The smallest absolute Gasteiger partial charge is 0.157 e. The minimum absolute atomic E-state index is 0.0832. The van der Waals surface area contributed by atoms with E-state index in [0.717, 1.165) is 6.42 Å². The fourth-order valence-corrected chi connectivity index (χ4v) is 6.33. The van der Waals surface area contributed by atoms with Gasteiger partial charge in [0.25, 0.3) is 0 Å². The molecule has 2 N–H and O–H groups in total. The third-order valence-corrected chi connectivity index (χ3v) is 9.84. The Balaban J connectivity index is 2.19. The summed E-state index contributed by atoms with van der Waals surface area (Å²) in [6.07, 6.45) is -0.865. The van der Waals surface area contributed by atoms with Gasteiger partial charge in [-0.15, -0.1) is 11.6 Å². The molecule has 0 aromatic carbocycles. The maximum Gasteiger partial charge on any atom is 0.157 e. The zero-order valence-electron chi connectivity index (χ0n) is 12.4. The lowest BCUT2D eigenvalue weighted by Gasteiger charge is -2.58. The van der Waals surface area contributed by atoms with Crippen LogP contribution in [0.25, 0.3) is 0 Å². The lowest BCUT2D eigenvalue weighted by molar-refractivity contribution is -0.126. The molecule has 3 fully saturated rings. The normalized spacial score (nSPS) is 59.0. The Morgan fingerprint density at radius 1 is 1.29 bits per heavy atom. The first-order valence-corrected chi connectivity index (χ1v) is 9.25. The molecular formula is C15H21Br2ClO3. The van der Waals surface area contributed by atoms with Crippen molar-refractivity contribution in [2.24, 2.45) is 10.8 Å². The number of ether oxygens (including phenoxy) is 1. The Morgan fingerprint density at radius 3 is 2.43 bits per heavy atom. The number of aliphatic hydroxyl groups is 2. The third-order valence-electron chi connectivity index (χ3n) is 6.18. The third kappa shape index (κ3) is 1.71. The Hall–Kier alpha value is 0.870. The summed E-state index contributed by atoms with van der Waals surface area (Å²) >= 11 is 14.0. The lowest BCUT2D eigenvalue weighted by Crippen LogP contribution is -2.64. The lowest BCUT2D eigenvalue weighted by atomic mass is 9.48. The van der Waals surface area contributed by atoms with Gasteiger partial charge in [-0.2, -0.15) is 0 Å². The van der Waals surface area contributed by atoms with Crippen LogP contribution in [0.15, 0.2) is 12.2 Å². The van der Waals surface area contributed by atoms with Crippen LogP contribution in [0.1, 0.15) is 33.6 Å². The van der Waals surface area contributed by atoms with E-state index in [9.17, 15) is 10.2 Å². The first-order chi connectivity index (χ1) is 9.42. The molecule has 120 valence electrons. The summed E-state index contributed by atoms with van der Waals surface area (Å²) in [7, 11) is 0. The summed E-state index contributed by atoms with van der Waals surface area (Å²) < 4.78 is 5.27. The van der Waals surface area contributed by atoms with Crippen molar-refractivity contribution in [1.82, 2.24) is 0 Å². The molecule has 6 heteroatoms. The molecule has 21 heavy (non-hydrogen) atoms. The molecular weight excluding hydrogens is 423 g/mol. The van der Waals surface area contributed by atoms with Gasteiger partial charge in [-0.05, 0) is 25.3 Å². The quantitative estimate of drug-likeness (QED) is 0.445. The van der Waals surface area contributed by atoms with E-state index in [2.05, 4.69) is 52.3 Å². The molecule has 0 aromatic rings. The number of alkyl halides is 3. The molecule has 7 atom stereocenters. The van der Waals surface area contributed by atoms with Crippen LogP contribution < -0.4 is 0 Å². The van der Waals surface area contributed by atoms with Gasteiger partial charge >= 0.3 is 0 Å². The number of halogens is 3. The van der Waals surface area contributed by atoms with E-state index >= 15 is 0 Å². The van der Waals surface area contributed by atoms with Gasteiger partial charge in [-0.3, -0.25) is 0 Å². The average Bonchev–Trinajstić information content (AvgIpc) is 2.50. The van der Waals surface area contributed by atoms with Gasteiger partial charge < -0.3 is 14.9 Å². The zero-order chi connectivity index (χ0) is 16.0. The van der Waals surface area contributed by atoms with Crippen molar-refractivity contribution >= 4 is 43.5 Å².